The fourth-order valence-electron chi connectivity index (χ4n) is 2.98. The minimum absolute atomic E-state index is 0.0505. The van der Waals surface area contributed by atoms with Crippen LogP contribution in [0.4, 0.5) is 10.1 Å². The van der Waals surface area contributed by atoms with Crippen molar-refractivity contribution >= 4 is 17.5 Å². The Hall–Kier alpha value is -2.69. The van der Waals surface area contributed by atoms with E-state index in [0.717, 1.165) is 16.7 Å². The molecule has 0 spiro atoms. The maximum absolute atomic E-state index is 13.8. The van der Waals surface area contributed by atoms with Crippen molar-refractivity contribution < 1.29 is 14.0 Å². The van der Waals surface area contributed by atoms with E-state index in [9.17, 15) is 14.0 Å². The first-order chi connectivity index (χ1) is 11.9. The standard InChI is InChI=1S/C20H21FN2O2/c1-13-3-6-15(7-4-13)11-23-12-16(10-19(23)24)20(25)22-18-9-14(2)5-8-17(18)21/h3-9,16H,10-12H2,1-2H3,(H,22,25). The molecule has 0 aliphatic carbocycles. The Morgan fingerprint density at radius 1 is 1.16 bits per heavy atom. The van der Waals surface area contributed by atoms with E-state index >= 15 is 0 Å². The molecule has 2 aromatic carbocycles. The van der Waals surface area contributed by atoms with E-state index in [1.54, 1.807) is 17.0 Å². The van der Waals surface area contributed by atoms with Crippen LogP contribution in [-0.4, -0.2) is 23.3 Å². The number of amides is 2. The summed E-state index contributed by atoms with van der Waals surface area (Å²) in [4.78, 5) is 26.3. The summed E-state index contributed by atoms with van der Waals surface area (Å²) in [6, 6.07) is 12.5. The van der Waals surface area contributed by atoms with Crippen LogP contribution >= 0.6 is 0 Å². The molecular formula is C20H21FN2O2. The fourth-order valence-corrected chi connectivity index (χ4v) is 2.98. The average molecular weight is 340 g/mol. The quantitative estimate of drug-likeness (QED) is 0.927. The predicted molar refractivity (Wildman–Crippen MR) is 94.5 cm³/mol. The Morgan fingerprint density at radius 3 is 2.56 bits per heavy atom. The summed E-state index contributed by atoms with van der Waals surface area (Å²) in [5.74, 6) is -1.30. The molecule has 1 aliphatic rings. The number of halogens is 1. The molecule has 4 nitrogen and oxygen atoms in total. The van der Waals surface area contributed by atoms with Gasteiger partial charge in [0.05, 0.1) is 11.6 Å². The fraction of sp³-hybridized carbons (Fsp3) is 0.300. The van der Waals surface area contributed by atoms with Gasteiger partial charge < -0.3 is 10.2 Å². The van der Waals surface area contributed by atoms with Gasteiger partial charge in [-0.15, -0.1) is 0 Å². The zero-order valence-electron chi connectivity index (χ0n) is 14.4. The number of anilines is 1. The van der Waals surface area contributed by atoms with E-state index in [1.807, 2.05) is 38.1 Å². The lowest BCUT2D eigenvalue weighted by atomic mass is 10.1. The van der Waals surface area contributed by atoms with Gasteiger partial charge in [0.25, 0.3) is 0 Å². The third kappa shape index (κ3) is 4.05. The maximum atomic E-state index is 13.8. The highest BCUT2D eigenvalue weighted by atomic mass is 19.1. The van der Waals surface area contributed by atoms with Crippen LogP contribution in [-0.2, 0) is 16.1 Å². The molecule has 2 aromatic rings. The first kappa shape index (κ1) is 17.1. The monoisotopic (exact) mass is 340 g/mol. The third-order valence-electron chi connectivity index (χ3n) is 4.46. The van der Waals surface area contributed by atoms with Crippen molar-refractivity contribution in [2.24, 2.45) is 5.92 Å². The maximum Gasteiger partial charge on any atom is 0.229 e. The molecule has 3 rings (SSSR count). The second kappa shape index (κ2) is 7.05. The van der Waals surface area contributed by atoms with E-state index in [1.165, 1.54) is 6.07 Å². The van der Waals surface area contributed by atoms with Crippen molar-refractivity contribution in [2.75, 3.05) is 11.9 Å². The van der Waals surface area contributed by atoms with Gasteiger partial charge in [0.2, 0.25) is 11.8 Å². The third-order valence-corrected chi connectivity index (χ3v) is 4.46. The molecule has 1 heterocycles. The minimum atomic E-state index is -0.472. The van der Waals surface area contributed by atoms with E-state index in [2.05, 4.69) is 5.32 Å². The Kier molecular flexibility index (Phi) is 4.83. The Balaban J connectivity index is 1.64. The highest BCUT2D eigenvalue weighted by Crippen LogP contribution is 2.23. The molecule has 1 unspecified atom stereocenters. The van der Waals surface area contributed by atoms with Crippen molar-refractivity contribution in [3.63, 3.8) is 0 Å². The zero-order chi connectivity index (χ0) is 18.0. The smallest absolute Gasteiger partial charge is 0.229 e. The Bertz CT molecular complexity index is 802. The minimum Gasteiger partial charge on any atom is -0.338 e. The van der Waals surface area contributed by atoms with Gasteiger partial charge in [-0.3, -0.25) is 9.59 Å². The van der Waals surface area contributed by atoms with Gasteiger partial charge in [0, 0.05) is 19.5 Å². The van der Waals surface area contributed by atoms with Gasteiger partial charge in [-0.05, 0) is 37.1 Å². The molecule has 1 atom stereocenters. The van der Waals surface area contributed by atoms with Gasteiger partial charge in [-0.25, -0.2) is 4.39 Å². The summed E-state index contributed by atoms with van der Waals surface area (Å²) in [5, 5.41) is 2.61. The summed E-state index contributed by atoms with van der Waals surface area (Å²) in [6.07, 6.45) is 0.158. The van der Waals surface area contributed by atoms with Gasteiger partial charge in [0.1, 0.15) is 5.82 Å². The van der Waals surface area contributed by atoms with Crippen molar-refractivity contribution in [2.45, 2.75) is 26.8 Å². The number of carbonyl (C=O) groups excluding carboxylic acids is 2. The second-order valence-corrected chi connectivity index (χ2v) is 6.63. The lowest BCUT2D eigenvalue weighted by Crippen LogP contribution is -2.28. The molecule has 2 amide bonds. The number of nitrogens with zero attached hydrogens (tertiary/aromatic N) is 1. The van der Waals surface area contributed by atoms with E-state index in [0.29, 0.717) is 13.1 Å². The molecular weight excluding hydrogens is 319 g/mol. The summed E-state index contributed by atoms with van der Waals surface area (Å²) in [5.41, 5.74) is 3.22. The Morgan fingerprint density at radius 2 is 1.84 bits per heavy atom. The van der Waals surface area contributed by atoms with Crippen molar-refractivity contribution in [3.05, 3.63) is 65.0 Å². The number of nitrogens with one attached hydrogen (secondary N) is 1. The van der Waals surface area contributed by atoms with Crippen LogP contribution in [0.3, 0.4) is 0 Å². The number of carbonyl (C=O) groups is 2. The van der Waals surface area contributed by atoms with Crippen LogP contribution < -0.4 is 5.32 Å². The number of hydrogen-bond donors (Lipinski definition) is 1. The molecule has 1 fully saturated rings. The topological polar surface area (TPSA) is 49.4 Å². The molecule has 1 aliphatic heterocycles. The van der Waals surface area contributed by atoms with Crippen molar-refractivity contribution in [3.8, 4) is 0 Å². The lowest BCUT2D eigenvalue weighted by Gasteiger charge is -2.17. The predicted octanol–water partition coefficient (Wildman–Crippen LogP) is 3.43. The van der Waals surface area contributed by atoms with E-state index in [4.69, 9.17) is 0 Å². The van der Waals surface area contributed by atoms with Crippen LogP contribution in [0.25, 0.3) is 0 Å². The van der Waals surface area contributed by atoms with E-state index < -0.39 is 11.7 Å². The summed E-state index contributed by atoms with van der Waals surface area (Å²) in [6.45, 7) is 4.68. The molecule has 5 heteroatoms. The molecule has 0 saturated carbocycles. The van der Waals surface area contributed by atoms with Crippen LogP contribution in [0, 0.1) is 25.6 Å². The molecule has 0 aromatic heterocycles. The number of likely N-dealkylation sites (tertiary alicyclic amines) is 1. The van der Waals surface area contributed by atoms with Crippen molar-refractivity contribution in [1.82, 2.24) is 4.90 Å². The molecule has 1 saturated heterocycles. The van der Waals surface area contributed by atoms with Crippen LogP contribution in [0.15, 0.2) is 42.5 Å². The van der Waals surface area contributed by atoms with Gasteiger partial charge in [-0.2, -0.15) is 0 Å². The molecule has 25 heavy (non-hydrogen) atoms. The average Bonchev–Trinajstić information content (AvgIpc) is 2.94. The van der Waals surface area contributed by atoms with Crippen LogP contribution in [0.2, 0.25) is 0 Å². The lowest BCUT2D eigenvalue weighted by molar-refractivity contribution is -0.128. The summed E-state index contributed by atoms with van der Waals surface area (Å²) < 4.78 is 13.8. The molecule has 0 bridgehead atoms. The zero-order valence-corrected chi connectivity index (χ0v) is 14.4. The first-order valence-electron chi connectivity index (χ1n) is 8.32. The van der Waals surface area contributed by atoms with Gasteiger partial charge >= 0.3 is 0 Å². The van der Waals surface area contributed by atoms with Gasteiger partial charge in [-0.1, -0.05) is 35.9 Å². The number of hydrogen-bond acceptors (Lipinski definition) is 2. The second-order valence-electron chi connectivity index (χ2n) is 6.63. The van der Waals surface area contributed by atoms with Crippen LogP contribution in [0.1, 0.15) is 23.1 Å². The number of aryl methyl sites for hydroxylation is 2. The molecule has 130 valence electrons. The van der Waals surface area contributed by atoms with E-state index in [-0.39, 0.29) is 23.9 Å². The largest absolute Gasteiger partial charge is 0.338 e. The summed E-state index contributed by atoms with van der Waals surface area (Å²) in [7, 11) is 0. The Labute approximate surface area is 146 Å². The normalized spacial score (nSPS) is 17.0. The van der Waals surface area contributed by atoms with Gasteiger partial charge in [0.15, 0.2) is 0 Å². The molecule has 1 N–H and O–H groups in total. The highest BCUT2D eigenvalue weighted by molar-refractivity contribution is 5.97. The molecule has 0 radical (unpaired) electrons. The number of rotatable bonds is 4. The first-order valence-corrected chi connectivity index (χ1v) is 8.32. The SMILES string of the molecule is Cc1ccc(CN2CC(C(=O)Nc3cc(C)ccc3F)CC2=O)cc1. The van der Waals surface area contributed by atoms with Crippen molar-refractivity contribution in [1.29, 1.82) is 0 Å². The van der Waals surface area contributed by atoms with Crippen LogP contribution in [0.5, 0.6) is 0 Å². The summed E-state index contributed by atoms with van der Waals surface area (Å²) >= 11 is 0. The number of benzene rings is 2. The highest BCUT2D eigenvalue weighted by Gasteiger charge is 2.34.